The molecule has 1 aromatic carbocycles. The molecule has 108 valence electrons. The second kappa shape index (κ2) is 4.47. The third kappa shape index (κ3) is 1.95. The number of ether oxygens (including phenoxy) is 1. The molecule has 1 saturated heterocycles. The first kappa shape index (κ1) is 12.7. The molecule has 0 bridgehead atoms. The summed E-state index contributed by atoms with van der Waals surface area (Å²) >= 11 is 0. The average molecular weight is 272 g/mol. The van der Waals surface area contributed by atoms with Gasteiger partial charge in [0.1, 0.15) is 12.4 Å². The number of fused-ring (bicyclic) bond motifs is 1. The van der Waals surface area contributed by atoms with E-state index < -0.39 is 0 Å². The summed E-state index contributed by atoms with van der Waals surface area (Å²) in [6.45, 7) is 7.78. The molecule has 0 radical (unpaired) electrons. The molecule has 3 unspecified atom stereocenters. The van der Waals surface area contributed by atoms with Gasteiger partial charge in [0.2, 0.25) is 0 Å². The monoisotopic (exact) mass is 272 g/mol. The smallest absolute Gasteiger partial charge is 0.124 e. The van der Waals surface area contributed by atoms with E-state index in [4.69, 9.17) is 4.74 Å². The number of hydrogen-bond acceptors (Lipinski definition) is 3. The second-order valence-corrected chi connectivity index (χ2v) is 6.96. The van der Waals surface area contributed by atoms with Crippen LogP contribution in [0.2, 0.25) is 0 Å². The van der Waals surface area contributed by atoms with Crippen LogP contribution >= 0.6 is 0 Å². The lowest BCUT2D eigenvalue weighted by Gasteiger charge is -2.47. The van der Waals surface area contributed by atoms with Crippen molar-refractivity contribution in [2.75, 3.05) is 19.7 Å². The fourth-order valence-electron chi connectivity index (χ4n) is 3.92. The summed E-state index contributed by atoms with van der Waals surface area (Å²) in [5, 5.41) is 3.80. The van der Waals surface area contributed by atoms with Crippen molar-refractivity contribution in [1.29, 1.82) is 0 Å². The van der Waals surface area contributed by atoms with E-state index in [9.17, 15) is 0 Å². The number of piperazine rings is 1. The maximum absolute atomic E-state index is 5.89. The van der Waals surface area contributed by atoms with Gasteiger partial charge in [-0.1, -0.05) is 18.2 Å². The van der Waals surface area contributed by atoms with Crippen LogP contribution in [-0.2, 0) is 0 Å². The van der Waals surface area contributed by atoms with Crippen molar-refractivity contribution in [2.24, 2.45) is 5.92 Å². The Morgan fingerprint density at radius 3 is 2.90 bits per heavy atom. The maximum Gasteiger partial charge on any atom is 0.124 e. The van der Waals surface area contributed by atoms with Gasteiger partial charge in [0.15, 0.2) is 0 Å². The first-order valence-corrected chi connectivity index (χ1v) is 7.90. The minimum atomic E-state index is 0.296. The van der Waals surface area contributed by atoms with Gasteiger partial charge in [-0.2, -0.15) is 0 Å². The van der Waals surface area contributed by atoms with Gasteiger partial charge in [-0.3, -0.25) is 4.90 Å². The highest BCUT2D eigenvalue weighted by Gasteiger charge is 2.47. The second-order valence-electron chi connectivity index (χ2n) is 6.96. The van der Waals surface area contributed by atoms with Gasteiger partial charge >= 0.3 is 0 Å². The lowest BCUT2D eigenvalue weighted by Crippen LogP contribution is -2.63. The van der Waals surface area contributed by atoms with Crippen molar-refractivity contribution in [3.63, 3.8) is 0 Å². The predicted molar refractivity (Wildman–Crippen MR) is 80.0 cm³/mol. The molecule has 0 spiro atoms. The highest BCUT2D eigenvalue weighted by Crippen LogP contribution is 2.44. The van der Waals surface area contributed by atoms with Crippen LogP contribution in [0.15, 0.2) is 24.3 Å². The number of hydrogen-bond donors (Lipinski definition) is 1. The van der Waals surface area contributed by atoms with E-state index >= 15 is 0 Å². The minimum Gasteiger partial charge on any atom is -0.491 e. The highest BCUT2D eigenvalue weighted by atomic mass is 16.5. The standard InChI is InChI=1S/C17H24N2O/c1-12-9-18-17(2,13-7-8-13)11-19(12)15-10-20-16-6-4-3-5-14(15)16/h3-6,12-13,15,18H,7-11H2,1-2H3. The Hall–Kier alpha value is -1.06. The van der Waals surface area contributed by atoms with Crippen LogP contribution in [0.3, 0.4) is 0 Å². The van der Waals surface area contributed by atoms with E-state index in [1.165, 1.54) is 18.4 Å². The molecule has 4 rings (SSSR count). The molecule has 1 saturated carbocycles. The SMILES string of the molecule is CC1CNC(C)(C2CC2)CN1C1COc2ccccc21. The quantitative estimate of drug-likeness (QED) is 0.895. The molecule has 2 heterocycles. The van der Waals surface area contributed by atoms with Gasteiger partial charge in [0, 0.05) is 30.2 Å². The fourth-order valence-corrected chi connectivity index (χ4v) is 3.92. The number of nitrogens with zero attached hydrogens (tertiary/aromatic N) is 1. The largest absolute Gasteiger partial charge is 0.491 e. The van der Waals surface area contributed by atoms with Crippen LogP contribution in [0.5, 0.6) is 5.75 Å². The van der Waals surface area contributed by atoms with E-state index in [1.54, 1.807) is 0 Å². The minimum absolute atomic E-state index is 0.296. The first-order valence-electron chi connectivity index (χ1n) is 7.90. The first-order chi connectivity index (χ1) is 9.67. The Bertz CT molecular complexity index is 513. The number of nitrogens with one attached hydrogen (secondary N) is 1. The molecule has 1 aliphatic carbocycles. The third-order valence-electron chi connectivity index (χ3n) is 5.43. The summed E-state index contributed by atoms with van der Waals surface area (Å²) in [6, 6.07) is 9.53. The molecule has 3 heteroatoms. The molecule has 3 atom stereocenters. The van der Waals surface area contributed by atoms with Gasteiger partial charge in [0.05, 0.1) is 6.04 Å². The molecule has 0 aromatic heterocycles. The van der Waals surface area contributed by atoms with Gasteiger partial charge in [0.25, 0.3) is 0 Å². The summed E-state index contributed by atoms with van der Waals surface area (Å²) in [5.74, 6) is 1.95. The Morgan fingerprint density at radius 1 is 1.30 bits per heavy atom. The molecule has 20 heavy (non-hydrogen) atoms. The van der Waals surface area contributed by atoms with Crippen LogP contribution in [0.1, 0.15) is 38.3 Å². The van der Waals surface area contributed by atoms with E-state index in [-0.39, 0.29) is 0 Å². The van der Waals surface area contributed by atoms with Crippen molar-refractivity contribution < 1.29 is 4.74 Å². The number of benzene rings is 1. The lowest BCUT2D eigenvalue weighted by molar-refractivity contribution is 0.0374. The van der Waals surface area contributed by atoms with Crippen molar-refractivity contribution in [2.45, 2.75) is 44.3 Å². The van der Waals surface area contributed by atoms with Crippen molar-refractivity contribution in [1.82, 2.24) is 10.2 Å². The van der Waals surface area contributed by atoms with Crippen LogP contribution in [-0.4, -0.2) is 36.2 Å². The van der Waals surface area contributed by atoms with Crippen LogP contribution in [0.25, 0.3) is 0 Å². The average Bonchev–Trinajstić information content (AvgIpc) is 3.23. The van der Waals surface area contributed by atoms with Gasteiger partial charge in [-0.15, -0.1) is 0 Å². The van der Waals surface area contributed by atoms with E-state index in [1.807, 2.05) is 0 Å². The zero-order valence-corrected chi connectivity index (χ0v) is 12.4. The summed E-state index contributed by atoms with van der Waals surface area (Å²) in [7, 11) is 0. The van der Waals surface area contributed by atoms with Crippen LogP contribution in [0, 0.1) is 5.92 Å². The normalized spacial score (nSPS) is 37.5. The van der Waals surface area contributed by atoms with Crippen molar-refractivity contribution in [3.05, 3.63) is 29.8 Å². The molecule has 2 fully saturated rings. The Labute approximate surface area is 121 Å². The topological polar surface area (TPSA) is 24.5 Å². The Kier molecular flexibility index (Phi) is 2.83. The molecular formula is C17H24N2O. The lowest BCUT2D eigenvalue weighted by atomic mass is 9.89. The third-order valence-corrected chi connectivity index (χ3v) is 5.43. The van der Waals surface area contributed by atoms with Crippen LogP contribution < -0.4 is 10.1 Å². The molecule has 2 aliphatic heterocycles. The van der Waals surface area contributed by atoms with E-state index in [2.05, 4.69) is 48.3 Å². The summed E-state index contributed by atoms with van der Waals surface area (Å²) in [5.41, 5.74) is 1.67. The van der Waals surface area contributed by atoms with Crippen LogP contribution in [0.4, 0.5) is 0 Å². The Balaban J connectivity index is 1.61. The zero-order chi connectivity index (χ0) is 13.7. The Morgan fingerprint density at radius 2 is 2.10 bits per heavy atom. The summed E-state index contributed by atoms with van der Waals surface area (Å²) < 4.78 is 5.89. The molecule has 1 N–H and O–H groups in total. The highest BCUT2D eigenvalue weighted by molar-refractivity contribution is 5.39. The van der Waals surface area contributed by atoms with E-state index in [0.717, 1.165) is 31.4 Å². The summed E-state index contributed by atoms with van der Waals surface area (Å²) in [4.78, 5) is 2.67. The van der Waals surface area contributed by atoms with Crippen molar-refractivity contribution >= 4 is 0 Å². The van der Waals surface area contributed by atoms with Gasteiger partial charge < -0.3 is 10.1 Å². The summed E-state index contributed by atoms with van der Waals surface area (Å²) in [6.07, 6.45) is 2.78. The molecular weight excluding hydrogens is 248 g/mol. The molecule has 1 aromatic rings. The molecule has 3 nitrogen and oxygen atoms in total. The van der Waals surface area contributed by atoms with E-state index in [0.29, 0.717) is 17.6 Å². The number of rotatable bonds is 2. The molecule has 0 amide bonds. The predicted octanol–water partition coefficient (Wildman–Crippen LogP) is 2.58. The number of para-hydroxylation sites is 1. The fraction of sp³-hybridized carbons (Fsp3) is 0.647. The van der Waals surface area contributed by atoms with Gasteiger partial charge in [-0.05, 0) is 38.7 Å². The molecule has 3 aliphatic rings. The van der Waals surface area contributed by atoms with Crippen molar-refractivity contribution in [3.8, 4) is 5.75 Å². The maximum atomic E-state index is 5.89. The zero-order valence-electron chi connectivity index (χ0n) is 12.4. The van der Waals surface area contributed by atoms with Gasteiger partial charge in [-0.25, -0.2) is 0 Å².